The Hall–Kier alpha value is -2.80. The van der Waals surface area contributed by atoms with Crippen LogP contribution in [-0.4, -0.2) is 56.2 Å². The van der Waals surface area contributed by atoms with E-state index in [4.69, 9.17) is 4.74 Å². The molecule has 0 radical (unpaired) electrons. The molecule has 1 amide bonds. The number of aromatic nitrogens is 4. The van der Waals surface area contributed by atoms with Crippen molar-refractivity contribution in [2.75, 3.05) is 19.8 Å². The number of benzene rings is 1. The van der Waals surface area contributed by atoms with Gasteiger partial charge in [0, 0.05) is 30.1 Å². The van der Waals surface area contributed by atoms with Crippen molar-refractivity contribution in [1.29, 1.82) is 0 Å². The Labute approximate surface area is 158 Å². The Morgan fingerprint density at radius 2 is 2.07 bits per heavy atom. The first-order valence-electron chi connectivity index (χ1n) is 9.26. The van der Waals surface area contributed by atoms with Crippen molar-refractivity contribution >= 4 is 11.7 Å². The number of amides is 1. The number of nitrogens with zero attached hydrogens (tertiary/aromatic N) is 5. The molecule has 0 N–H and O–H groups in total. The van der Waals surface area contributed by atoms with Gasteiger partial charge in [-0.05, 0) is 30.0 Å². The molecule has 1 atom stereocenters. The van der Waals surface area contributed by atoms with Crippen LogP contribution in [0.2, 0.25) is 0 Å². The van der Waals surface area contributed by atoms with Gasteiger partial charge in [-0.1, -0.05) is 26.0 Å². The van der Waals surface area contributed by atoms with Gasteiger partial charge in [-0.3, -0.25) is 9.20 Å². The fourth-order valence-electron chi connectivity index (χ4n) is 3.51. The molecule has 0 aliphatic carbocycles. The summed E-state index contributed by atoms with van der Waals surface area (Å²) in [4.78, 5) is 19.3. The molecule has 0 spiro atoms. The third-order valence-electron chi connectivity index (χ3n) is 4.85. The first-order chi connectivity index (χ1) is 13.1. The summed E-state index contributed by atoms with van der Waals surface area (Å²) in [7, 11) is 0. The van der Waals surface area contributed by atoms with Crippen LogP contribution in [0.4, 0.5) is 0 Å². The molecule has 1 saturated heterocycles. The van der Waals surface area contributed by atoms with Crippen molar-refractivity contribution in [1.82, 2.24) is 24.5 Å². The van der Waals surface area contributed by atoms with Crippen molar-refractivity contribution in [3.63, 3.8) is 0 Å². The van der Waals surface area contributed by atoms with Crippen molar-refractivity contribution < 1.29 is 9.53 Å². The molecule has 4 rings (SSSR count). The van der Waals surface area contributed by atoms with Gasteiger partial charge in [0.15, 0.2) is 0 Å². The van der Waals surface area contributed by atoms with Crippen LogP contribution in [-0.2, 0) is 4.74 Å². The molecular formula is C20H23N5O2. The van der Waals surface area contributed by atoms with Gasteiger partial charge in [0.05, 0.1) is 19.3 Å². The standard InChI is InChI=1S/C20H23N5O2/c1-14(2)9-18-12-27-8-7-25(18)19(26)16-5-3-15(4-6-16)17-10-21-20-23-22-13-24(20)11-17/h3-6,10-11,13-14,18H,7-9,12H2,1-2H3/t18-/m0/s1. The zero-order valence-corrected chi connectivity index (χ0v) is 15.6. The van der Waals surface area contributed by atoms with Gasteiger partial charge in [-0.25, -0.2) is 4.98 Å². The molecule has 0 bridgehead atoms. The lowest BCUT2D eigenvalue weighted by atomic mass is 10.0. The smallest absolute Gasteiger partial charge is 0.254 e. The highest BCUT2D eigenvalue weighted by molar-refractivity contribution is 5.95. The molecule has 2 aromatic heterocycles. The molecule has 140 valence electrons. The van der Waals surface area contributed by atoms with E-state index in [-0.39, 0.29) is 11.9 Å². The molecule has 1 aromatic carbocycles. The fraction of sp³-hybridized carbons (Fsp3) is 0.400. The lowest BCUT2D eigenvalue weighted by Crippen LogP contribution is -2.49. The van der Waals surface area contributed by atoms with E-state index in [1.54, 1.807) is 16.9 Å². The van der Waals surface area contributed by atoms with Gasteiger partial charge in [0.1, 0.15) is 6.33 Å². The normalized spacial score (nSPS) is 17.6. The second-order valence-corrected chi connectivity index (χ2v) is 7.32. The summed E-state index contributed by atoms with van der Waals surface area (Å²) in [5, 5.41) is 7.75. The summed E-state index contributed by atoms with van der Waals surface area (Å²) >= 11 is 0. The van der Waals surface area contributed by atoms with Crippen molar-refractivity contribution in [3.05, 3.63) is 48.5 Å². The number of ether oxygens (including phenoxy) is 1. The van der Waals surface area contributed by atoms with E-state index >= 15 is 0 Å². The van der Waals surface area contributed by atoms with Crippen LogP contribution in [0.25, 0.3) is 16.9 Å². The minimum atomic E-state index is 0.0721. The summed E-state index contributed by atoms with van der Waals surface area (Å²) in [6, 6.07) is 7.83. The van der Waals surface area contributed by atoms with E-state index < -0.39 is 0 Å². The van der Waals surface area contributed by atoms with Gasteiger partial charge >= 0.3 is 0 Å². The lowest BCUT2D eigenvalue weighted by molar-refractivity contribution is -0.00746. The summed E-state index contributed by atoms with van der Waals surface area (Å²) in [6.45, 7) is 6.21. The molecule has 7 nitrogen and oxygen atoms in total. The van der Waals surface area contributed by atoms with E-state index in [1.165, 1.54) is 0 Å². The Bertz CT molecular complexity index is 935. The zero-order chi connectivity index (χ0) is 18.8. The van der Waals surface area contributed by atoms with Crippen LogP contribution in [0.5, 0.6) is 0 Å². The highest BCUT2D eigenvalue weighted by Gasteiger charge is 2.28. The summed E-state index contributed by atoms with van der Waals surface area (Å²) < 4.78 is 7.37. The zero-order valence-electron chi connectivity index (χ0n) is 15.6. The van der Waals surface area contributed by atoms with Crippen molar-refractivity contribution in [2.24, 2.45) is 5.92 Å². The lowest BCUT2D eigenvalue weighted by Gasteiger charge is -2.36. The van der Waals surface area contributed by atoms with Crippen molar-refractivity contribution in [2.45, 2.75) is 26.3 Å². The average Bonchev–Trinajstić information content (AvgIpc) is 3.15. The van der Waals surface area contributed by atoms with E-state index in [0.29, 0.717) is 37.0 Å². The second kappa shape index (κ2) is 7.44. The predicted molar refractivity (Wildman–Crippen MR) is 101 cm³/mol. The van der Waals surface area contributed by atoms with Gasteiger partial charge in [-0.15, -0.1) is 10.2 Å². The largest absolute Gasteiger partial charge is 0.377 e. The third-order valence-corrected chi connectivity index (χ3v) is 4.85. The minimum absolute atomic E-state index is 0.0721. The SMILES string of the molecule is CC(C)C[C@H]1COCCN1C(=O)c1ccc(-c2cnc3nncn3c2)cc1. The first kappa shape index (κ1) is 17.6. The van der Waals surface area contributed by atoms with E-state index in [1.807, 2.05) is 35.4 Å². The van der Waals surface area contributed by atoms with Gasteiger partial charge in [0.25, 0.3) is 11.7 Å². The molecule has 1 aliphatic rings. The third kappa shape index (κ3) is 3.68. The number of hydrogen-bond acceptors (Lipinski definition) is 5. The molecular weight excluding hydrogens is 342 g/mol. The van der Waals surface area contributed by atoms with Crippen LogP contribution in [0.3, 0.4) is 0 Å². The number of rotatable bonds is 4. The van der Waals surface area contributed by atoms with Gasteiger partial charge < -0.3 is 9.64 Å². The second-order valence-electron chi connectivity index (χ2n) is 7.32. The van der Waals surface area contributed by atoms with Crippen LogP contribution < -0.4 is 0 Å². The average molecular weight is 365 g/mol. The monoisotopic (exact) mass is 365 g/mol. The molecule has 0 unspecified atom stereocenters. The number of carbonyl (C=O) groups excluding carboxylic acids is 1. The van der Waals surface area contributed by atoms with Gasteiger partial charge in [0.2, 0.25) is 0 Å². The van der Waals surface area contributed by atoms with E-state index in [0.717, 1.165) is 17.5 Å². The van der Waals surface area contributed by atoms with Crippen LogP contribution in [0.15, 0.2) is 43.0 Å². The molecule has 1 aliphatic heterocycles. The topological polar surface area (TPSA) is 72.6 Å². The predicted octanol–water partition coefficient (Wildman–Crippen LogP) is 2.68. The van der Waals surface area contributed by atoms with Crippen LogP contribution in [0.1, 0.15) is 30.6 Å². The van der Waals surface area contributed by atoms with Crippen LogP contribution in [0, 0.1) is 5.92 Å². The maximum atomic E-state index is 13.0. The Morgan fingerprint density at radius 3 is 2.85 bits per heavy atom. The maximum Gasteiger partial charge on any atom is 0.254 e. The highest BCUT2D eigenvalue weighted by Crippen LogP contribution is 2.22. The number of fused-ring (bicyclic) bond motifs is 1. The summed E-state index contributed by atoms with van der Waals surface area (Å²) in [5.74, 6) is 1.16. The Morgan fingerprint density at radius 1 is 1.26 bits per heavy atom. The first-order valence-corrected chi connectivity index (χ1v) is 9.26. The molecule has 3 heterocycles. The Balaban J connectivity index is 1.54. The molecule has 3 aromatic rings. The molecule has 1 fully saturated rings. The quantitative estimate of drug-likeness (QED) is 0.711. The molecule has 0 saturated carbocycles. The van der Waals surface area contributed by atoms with Crippen molar-refractivity contribution in [3.8, 4) is 11.1 Å². The highest BCUT2D eigenvalue weighted by atomic mass is 16.5. The Kier molecular flexibility index (Phi) is 4.85. The number of morpholine rings is 1. The number of hydrogen-bond donors (Lipinski definition) is 0. The van der Waals surface area contributed by atoms with E-state index in [9.17, 15) is 4.79 Å². The van der Waals surface area contributed by atoms with Gasteiger partial charge in [-0.2, -0.15) is 0 Å². The minimum Gasteiger partial charge on any atom is -0.377 e. The summed E-state index contributed by atoms with van der Waals surface area (Å²) in [6.07, 6.45) is 6.27. The molecule has 27 heavy (non-hydrogen) atoms. The fourth-order valence-corrected chi connectivity index (χ4v) is 3.51. The maximum absolute atomic E-state index is 13.0. The van der Waals surface area contributed by atoms with Crippen LogP contribution >= 0.6 is 0 Å². The number of carbonyl (C=O) groups is 1. The summed E-state index contributed by atoms with van der Waals surface area (Å²) in [5.41, 5.74) is 2.65. The van der Waals surface area contributed by atoms with E-state index in [2.05, 4.69) is 29.0 Å². The molecule has 7 heteroatoms.